The molecule has 2 heterocycles. The van der Waals surface area contributed by atoms with Crippen molar-refractivity contribution in [3.05, 3.63) is 95.2 Å². The van der Waals surface area contributed by atoms with Crippen molar-refractivity contribution in [2.45, 2.75) is 19.6 Å². The summed E-state index contributed by atoms with van der Waals surface area (Å²) in [4.78, 5) is 19.2. The monoisotopic (exact) mass is 344 g/mol. The van der Waals surface area contributed by atoms with Crippen LogP contribution in [-0.4, -0.2) is 22.3 Å². The second-order valence-electron chi connectivity index (χ2n) is 6.38. The number of carbonyl (C=O) groups is 1. The van der Waals surface area contributed by atoms with E-state index in [-0.39, 0.29) is 5.91 Å². The first kappa shape index (κ1) is 16.3. The Morgan fingerprint density at radius 1 is 0.885 bits per heavy atom. The molecule has 4 nitrogen and oxygen atoms in total. The molecular formula is C22H20N2O2. The van der Waals surface area contributed by atoms with E-state index in [1.807, 2.05) is 71.6 Å². The summed E-state index contributed by atoms with van der Waals surface area (Å²) >= 11 is 0. The average molecular weight is 344 g/mol. The van der Waals surface area contributed by atoms with Crippen LogP contribution in [0.3, 0.4) is 0 Å². The van der Waals surface area contributed by atoms with Crippen molar-refractivity contribution in [1.29, 1.82) is 0 Å². The van der Waals surface area contributed by atoms with Crippen LogP contribution in [0.25, 0.3) is 0 Å². The van der Waals surface area contributed by atoms with Crippen molar-refractivity contribution >= 4 is 5.91 Å². The Kier molecular flexibility index (Phi) is 4.65. The second-order valence-corrected chi connectivity index (χ2v) is 6.38. The van der Waals surface area contributed by atoms with Crippen molar-refractivity contribution in [2.75, 3.05) is 6.54 Å². The summed E-state index contributed by atoms with van der Waals surface area (Å²) < 4.78 is 5.78. The predicted molar refractivity (Wildman–Crippen MR) is 99.9 cm³/mol. The van der Waals surface area contributed by atoms with Crippen LogP contribution in [0.15, 0.2) is 72.8 Å². The van der Waals surface area contributed by atoms with Gasteiger partial charge in [0.2, 0.25) is 5.88 Å². The Morgan fingerprint density at radius 3 is 2.31 bits per heavy atom. The number of nitrogens with zero attached hydrogens (tertiary/aromatic N) is 2. The minimum absolute atomic E-state index is 0.0391. The Hall–Kier alpha value is -3.14. The van der Waals surface area contributed by atoms with Crippen LogP contribution in [0.4, 0.5) is 0 Å². The highest BCUT2D eigenvalue weighted by Gasteiger charge is 2.25. The second kappa shape index (κ2) is 7.40. The van der Waals surface area contributed by atoms with Gasteiger partial charge in [0.05, 0.1) is 11.3 Å². The van der Waals surface area contributed by atoms with Crippen LogP contribution in [0.1, 0.15) is 27.2 Å². The molecule has 26 heavy (non-hydrogen) atoms. The van der Waals surface area contributed by atoms with Crippen LogP contribution >= 0.6 is 0 Å². The number of amides is 1. The molecular weight excluding hydrogens is 324 g/mol. The molecule has 1 aromatic heterocycles. The molecule has 2 aromatic carbocycles. The highest BCUT2D eigenvalue weighted by Crippen LogP contribution is 2.22. The molecule has 0 N–H and O–H groups in total. The number of rotatable bonds is 5. The standard InChI is InChI=1S/C22H20N2O2/c25-22-19-11-12-21(26-16-18-9-5-2-6-10-18)23-20(19)13-14-24(22)15-17-7-3-1-4-8-17/h1-12H,13-16H2. The molecule has 0 unspecified atom stereocenters. The van der Waals surface area contributed by atoms with Gasteiger partial charge in [0.1, 0.15) is 6.61 Å². The van der Waals surface area contributed by atoms with E-state index in [1.165, 1.54) is 0 Å². The molecule has 0 radical (unpaired) electrons. The summed E-state index contributed by atoms with van der Waals surface area (Å²) in [6.07, 6.45) is 0.746. The van der Waals surface area contributed by atoms with Gasteiger partial charge in [-0.15, -0.1) is 0 Å². The molecule has 0 fully saturated rings. The number of benzene rings is 2. The van der Waals surface area contributed by atoms with Crippen molar-refractivity contribution in [3.8, 4) is 5.88 Å². The number of aromatic nitrogens is 1. The van der Waals surface area contributed by atoms with E-state index in [4.69, 9.17) is 4.74 Å². The lowest BCUT2D eigenvalue weighted by Crippen LogP contribution is -2.37. The van der Waals surface area contributed by atoms with Gasteiger partial charge in [-0.1, -0.05) is 60.7 Å². The largest absolute Gasteiger partial charge is 0.473 e. The topological polar surface area (TPSA) is 42.4 Å². The third-order valence-corrected chi connectivity index (χ3v) is 4.53. The first-order valence-electron chi connectivity index (χ1n) is 8.79. The lowest BCUT2D eigenvalue weighted by atomic mass is 10.0. The van der Waals surface area contributed by atoms with Crippen LogP contribution in [-0.2, 0) is 19.6 Å². The van der Waals surface area contributed by atoms with Crippen LogP contribution in [0, 0.1) is 0 Å². The molecule has 0 saturated carbocycles. The van der Waals surface area contributed by atoms with Gasteiger partial charge in [0.15, 0.2) is 0 Å². The van der Waals surface area contributed by atoms with E-state index < -0.39 is 0 Å². The Labute approximate surface area is 153 Å². The van der Waals surface area contributed by atoms with Gasteiger partial charge in [0.25, 0.3) is 5.91 Å². The number of carbonyl (C=O) groups excluding carboxylic acids is 1. The summed E-state index contributed by atoms with van der Waals surface area (Å²) in [6, 6.07) is 23.7. The fourth-order valence-electron chi connectivity index (χ4n) is 3.15. The van der Waals surface area contributed by atoms with E-state index in [1.54, 1.807) is 6.07 Å². The summed E-state index contributed by atoms with van der Waals surface area (Å²) in [5.74, 6) is 0.606. The molecule has 1 aliphatic heterocycles. The molecule has 1 aliphatic rings. The van der Waals surface area contributed by atoms with Crippen molar-refractivity contribution < 1.29 is 9.53 Å². The normalized spacial score (nSPS) is 13.4. The number of pyridine rings is 1. The Bertz CT molecular complexity index is 895. The average Bonchev–Trinajstić information content (AvgIpc) is 2.70. The molecule has 130 valence electrons. The zero-order valence-electron chi connectivity index (χ0n) is 14.5. The van der Waals surface area contributed by atoms with Gasteiger partial charge >= 0.3 is 0 Å². The van der Waals surface area contributed by atoms with E-state index in [2.05, 4.69) is 4.98 Å². The van der Waals surface area contributed by atoms with Crippen molar-refractivity contribution in [1.82, 2.24) is 9.88 Å². The third-order valence-electron chi connectivity index (χ3n) is 4.53. The number of fused-ring (bicyclic) bond motifs is 1. The third kappa shape index (κ3) is 3.59. The summed E-state index contributed by atoms with van der Waals surface area (Å²) in [5.41, 5.74) is 3.74. The van der Waals surface area contributed by atoms with Gasteiger partial charge in [-0.25, -0.2) is 4.98 Å². The van der Waals surface area contributed by atoms with E-state index in [9.17, 15) is 4.79 Å². The van der Waals surface area contributed by atoms with Gasteiger partial charge in [0, 0.05) is 25.6 Å². The molecule has 0 spiro atoms. The Morgan fingerprint density at radius 2 is 1.58 bits per heavy atom. The molecule has 0 aliphatic carbocycles. The molecule has 4 rings (SSSR count). The molecule has 0 bridgehead atoms. The molecule has 0 atom stereocenters. The highest BCUT2D eigenvalue weighted by molar-refractivity contribution is 5.96. The zero-order valence-corrected chi connectivity index (χ0v) is 14.5. The fraction of sp³-hybridized carbons (Fsp3) is 0.182. The SMILES string of the molecule is O=C1c2ccc(OCc3ccccc3)nc2CCN1Cc1ccccc1. The maximum absolute atomic E-state index is 12.8. The van der Waals surface area contributed by atoms with E-state index >= 15 is 0 Å². The molecule has 0 saturated heterocycles. The number of hydrogen-bond donors (Lipinski definition) is 0. The van der Waals surface area contributed by atoms with Crippen LogP contribution in [0.2, 0.25) is 0 Å². The van der Waals surface area contributed by atoms with Gasteiger partial charge in [-0.3, -0.25) is 4.79 Å². The quantitative estimate of drug-likeness (QED) is 0.706. The zero-order chi connectivity index (χ0) is 17.8. The lowest BCUT2D eigenvalue weighted by molar-refractivity contribution is 0.0724. The van der Waals surface area contributed by atoms with Gasteiger partial charge in [-0.05, 0) is 17.2 Å². The summed E-state index contributed by atoms with van der Waals surface area (Å²) in [6.45, 7) is 1.78. The van der Waals surface area contributed by atoms with Crippen LogP contribution in [0.5, 0.6) is 5.88 Å². The number of hydrogen-bond acceptors (Lipinski definition) is 3. The van der Waals surface area contributed by atoms with Crippen molar-refractivity contribution in [3.63, 3.8) is 0 Å². The van der Waals surface area contributed by atoms with Crippen molar-refractivity contribution in [2.24, 2.45) is 0 Å². The lowest BCUT2D eigenvalue weighted by Gasteiger charge is -2.28. The molecule has 1 amide bonds. The van der Waals surface area contributed by atoms with E-state index in [0.29, 0.717) is 31.1 Å². The molecule has 4 heteroatoms. The number of ether oxygens (including phenoxy) is 1. The maximum Gasteiger partial charge on any atom is 0.256 e. The fourth-order valence-corrected chi connectivity index (χ4v) is 3.15. The first-order chi connectivity index (χ1) is 12.8. The molecule has 3 aromatic rings. The van der Waals surface area contributed by atoms with Gasteiger partial charge < -0.3 is 9.64 Å². The highest BCUT2D eigenvalue weighted by atomic mass is 16.5. The summed E-state index contributed by atoms with van der Waals surface area (Å²) in [7, 11) is 0. The van der Waals surface area contributed by atoms with Gasteiger partial charge in [-0.2, -0.15) is 0 Å². The predicted octanol–water partition coefficient (Wildman–Crippen LogP) is 3.86. The smallest absolute Gasteiger partial charge is 0.256 e. The van der Waals surface area contributed by atoms with E-state index in [0.717, 1.165) is 23.2 Å². The summed E-state index contributed by atoms with van der Waals surface area (Å²) in [5, 5.41) is 0. The van der Waals surface area contributed by atoms with Crippen LogP contribution < -0.4 is 4.74 Å². The maximum atomic E-state index is 12.8. The minimum atomic E-state index is 0.0391. The minimum Gasteiger partial charge on any atom is -0.473 e. The first-order valence-corrected chi connectivity index (χ1v) is 8.79. The Balaban J connectivity index is 1.45.